The quantitative estimate of drug-likeness (QED) is 0.629. The summed E-state index contributed by atoms with van der Waals surface area (Å²) in [7, 11) is 0. The molecule has 0 bridgehead atoms. The van der Waals surface area contributed by atoms with Gasteiger partial charge in [-0.2, -0.15) is 0 Å². The van der Waals surface area contributed by atoms with Gasteiger partial charge in [0.05, 0.1) is 6.10 Å². The van der Waals surface area contributed by atoms with Crippen LogP contribution in [0.1, 0.15) is 36.5 Å². The minimum Gasteiger partial charge on any atom is -0.388 e. The van der Waals surface area contributed by atoms with Gasteiger partial charge >= 0.3 is 0 Å². The molecule has 0 aliphatic carbocycles. The molecule has 0 fully saturated rings. The molecule has 0 saturated carbocycles. The van der Waals surface area contributed by atoms with Gasteiger partial charge in [-0.1, -0.05) is 34.1 Å². The Morgan fingerprint density at radius 3 is 2.87 bits per heavy atom. The number of hydrogen-bond donors (Lipinski definition) is 1. The molecule has 1 atom stereocenters. The van der Waals surface area contributed by atoms with Crippen LogP contribution in [0.3, 0.4) is 0 Å². The van der Waals surface area contributed by atoms with Crippen molar-refractivity contribution < 1.29 is 5.11 Å². The molecule has 1 N–H and O–H groups in total. The van der Waals surface area contributed by atoms with Crippen LogP contribution in [0.25, 0.3) is 0 Å². The molecular weight excluding hydrogens is 252 g/mol. The predicted molar refractivity (Wildman–Crippen MR) is 67.9 cm³/mol. The fourth-order valence-corrected chi connectivity index (χ4v) is 1.74. The molecule has 2 heteroatoms. The minimum absolute atomic E-state index is 0.350. The summed E-state index contributed by atoms with van der Waals surface area (Å²) in [5.74, 6) is 0. The van der Waals surface area contributed by atoms with Crippen LogP contribution in [0.5, 0.6) is 0 Å². The van der Waals surface area contributed by atoms with E-state index in [1.807, 2.05) is 31.2 Å². The molecule has 0 spiro atoms. The predicted octanol–water partition coefficient (Wildman–Crippen LogP) is 4.15. The molecule has 1 nitrogen and oxygen atoms in total. The van der Waals surface area contributed by atoms with Crippen molar-refractivity contribution in [2.75, 3.05) is 0 Å². The average molecular weight is 269 g/mol. The second kappa shape index (κ2) is 6.09. The Hall–Kier alpha value is -0.600. The van der Waals surface area contributed by atoms with E-state index in [9.17, 15) is 5.11 Å². The standard InChI is InChI=1S/C13H17BrO/c1-3-4-5-6-13(15)11-7-8-12(14)10(2)9-11/h3,7-9,13,15H,1,4-6H2,2H3. The summed E-state index contributed by atoms with van der Waals surface area (Å²) < 4.78 is 1.09. The van der Waals surface area contributed by atoms with Gasteiger partial charge in [-0.15, -0.1) is 6.58 Å². The van der Waals surface area contributed by atoms with E-state index in [0.717, 1.165) is 34.9 Å². The van der Waals surface area contributed by atoms with E-state index in [-0.39, 0.29) is 6.10 Å². The van der Waals surface area contributed by atoms with Crippen molar-refractivity contribution in [2.45, 2.75) is 32.3 Å². The van der Waals surface area contributed by atoms with Gasteiger partial charge in [0.25, 0.3) is 0 Å². The first-order valence-corrected chi connectivity index (χ1v) is 5.99. The van der Waals surface area contributed by atoms with Crippen LogP contribution in [-0.4, -0.2) is 5.11 Å². The number of hydrogen-bond acceptors (Lipinski definition) is 1. The highest BCUT2D eigenvalue weighted by molar-refractivity contribution is 9.10. The molecule has 82 valence electrons. The molecule has 1 rings (SSSR count). The van der Waals surface area contributed by atoms with Gasteiger partial charge in [0.1, 0.15) is 0 Å². The zero-order chi connectivity index (χ0) is 11.3. The number of allylic oxidation sites excluding steroid dienone is 1. The van der Waals surface area contributed by atoms with E-state index in [4.69, 9.17) is 0 Å². The highest BCUT2D eigenvalue weighted by Crippen LogP contribution is 2.24. The highest BCUT2D eigenvalue weighted by atomic mass is 79.9. The maximum atomic E-state index is 9.91. The van der Waals surface area contributed by atoms with Gasteiger partial charge in [0.2, 0.25) is 0 Å². The molecule has 0 saturated heterocycles. The van der Waals surface area contributed by atoms with Crippen molar-refractivity contribution in [3.8, 4) is 0 Å². The molecule has 15 heavy (non-hydrogen) atoms. The molecule has 1 aromatic carbocycles. The molecule has 0 aliphatic rings. The smallest absolute Gasteiger partial charge is 0.0790 e. The number of benzene rings is 1. The molecule has 0 amide bonds. The number of aryl methyl sites for hydroxylation is 1. The van der Waals surface area contributed by atoms with Crippen molar-refractivity contribution in [3.63, 3.8) is 0 Å². The fourth-order valence-electron chi connectivity index (χ4n) is 1.50. The lowest BCUT2D eigenvalue weighted by molar-refractivity contribution is 0.165. The Kier molecular flexibility index (Phi) is 5.06. The lowest BCUT2D eigenvalue weighted by atomic mass is 10.0. The summed E-state index contributed by atoms with van der Waals surface area (Å²) in [5.41, 5.74) is 2.16. The van der Waals surface area contributed by atoms with E-state index in [1.54, 1.807) is 0 Å². The highest BCUT2D eigenvalue weighted by Gasteiger charge is 2.07. The summed E-state index contributed by atoms with van der Waals surface area (Å²) >= 11 is 3.45. The molecular formula is C13H17BrO. The van der Waals surface area contributed by atoms with Gasteiger partial charge in [-0.3, -0.25) is 0 Å². The maximum absolute atomic E-state index is 9.91. The van der Waals surface area contributed by atoms with Crippen molar-refractivity contribution in [1.82, 2.24) is 0 Å². The van der Waals surface area contributed by atoms with E-state index in [0.29, 0.717) is 0 Å². The lowest BCUT2D eigenvalue weighted by Gasteiger charge is -2.11. The van der Waals surface area contributed by atoms with Crippen LogP contribution in [0, 0.1) is 6.92 Å². The van der Waals surface area contributed by atoms with Crippen LogP contribution in [0.4, 0.5) is 0 Å². The third kappa shape index (κ3) is 3.80. The van der Waals surface area contributed by atoms with Crippen LogP contribution >= 0.6 is 15.9 Å². The number of halogens is 1. The zero-order valence-electron chi connectivity index (χ0n) is 9.04. The third-order valence-electron chi connectivity index (χ3n) is 2.45. The molecule has 0 aliphatic heterocycles. The molecule has 0 aromatic heterocycles. The minimum atomic E-state index is -0.350. The second-order valence-corrected chi connectivity index (χ2v) is 4.60. The fraction of sp³-hybridized carbons (Fsp3) is 0.385. The number of aliphatic hydroxyl groups excluding tert-OH is 1. The molecule has 0 heterocycles. The van der Waals surface area contributed by atoms with Crippen LogP contribution in [0.2, 0.25) is 0 Å². The number of unbranched alkanes of at least 4 members (excludes halogenated alkanes) is 1. The summed E-state index contributed by atoms with van der Waals surface area (Å²) in [6.45, 7) is 5.70. The van der Waals surface area contributed by atoms with Gasteiger partial charge in [-0.05, 0) is 43.4 Å². The first kappa shape index (κ1) is 12.5. The zero-order valence-corrected chi connectivity index (χ0v) is 10.6. The Morgan fingerprint density at radius 2 is 2.27 bits per heavy atom. The summed E-state index contributed by atoms with van der Waals surface area (Å²) in [4.78, 5) is 0. The molecule has 0 radical (unpaired) electrons. The van der Waals surface area contributed by atoms with E-state index in [1.165, 1.54) is 0 Å². The third-order valence-corrected chi connectivity index (χ3v) is 3.34. The van der Waals surface area contributed by atoms with Crippen LogP contribution < -0.4 is 0 Å². The SMILES string of the molecule is C=CCCCC(O)c1ccc(Br)c(C)c1. The Morgan fingerprint density at radius 1 is 1.53 bits per heavy atom. The van der Waals surface area contributed by atoms with Crippen molar-refractivity contribution in [2.24, 2.45) is 0 Å². The summed E-state index contributed by atoms with van der Waals surface area (Å²) in [5, 5.41) is 9.91. The first-order chi connectivity index (χ1) is 7.15. The van der Waals surface area contributed by atoms with E-state index in [2.05, 4.69) is 22.5 Å². The Bertz CT molecular complexity index is 333. The van der Waals surface area contributed by atoms with Gasteiger partial charge < -0.3 is 5.11 Å². The van der Waals surface area contributed by atoms with Crippen molar-refractivity contribution in [3.05, 3.63) is 46.5 Å². The average Bonchev–Trinajstić information content (AvgIpc) is 2.22. The van der Waals surface area contributed by atoms with Crippen LogP contribution in [-0.2, 0) is 0 Å². The van der Waals surface area contributed by atoms with E-state index >= 15 is 0 Å². The molecule has 1 aromatic rings. The van der Waals surface area contributed by atoms with Crippen LogP contribution in [0.15, 0.2) is 35.3 Å². The number of aliphatic hydroxyl groups is 1. The first-order valence-electron chi connectivity index (χ1n) is 5.20. The van der Waals surface area contributed by atoms with Crippen molar-refractivity contribution >= 4 is 15.9 Å². The lowest BCUT2D eigenvalue weighted by Crippen LogP contribution is -1.97. The Balaban J connectivity index is 2.61. The maximum Gasteiger partial charge on any atom is 0.0790 e. The largest absolute Gasteiger partial charge is 0.388 e. The van der Waals surface area contributed by atoms with Gasteiger partial charge in [-0.25, -0.2) is 0 Å². The van der Waals surface area contributed by atoms with Gasteiger partial charge in [0, 0.05) is 4.47 Å². The van der Waals surface area contributed by atoms with E-state index < -0.39 is 0 Å². The van der Waals surface area contributed by atoms with Crippen molar-refractivity contribution in [1.29, 1.82) is 0 Å². The second-order valence-electron chi connectivity index (χ2n) is 3.74. The monoisotopic (exact) mass is 268 g/mol. The summed E-state index contributed by atoms with van der Waals surface area (Å²) in [6, 6.07) is 5.99. The normalized spacial score (nSPS) is 12.5. The topological polar surface area (TPSA) is 20.2 Å². The molecule has 1 unspecified atom stereocenters. The summed E-state index contributed by atoms with van der Waals surface area (Å²) in [6.07, 6.45) is 4.29. The van der Waals surface area contributed by atoms with Gasteiger partial charge in [0.15, 0.2) is 0 Å². The number of rotatable bonds is 5. The Labute approximate surface area is 100.0 Å².